The molecule has 0 radical (unpaired) electrons. The normalized spacial score (nSPS) is 18.0. The number of nitrogens with zero attached hydrogens (tertiary/aromatic N) is 1. The number of benzene rings is 2. The van der Waals surface area contributed by atoms with Crippen molar-refractivity contribution >= 4 is 29.3 Å². The summed E-state index contributed by atoms with van der Waals surface area (Å²) < 4.78 is 0. The van der Waals surface area contributed by atoms with Gasteiger partial charge in [-0.25, -0.2) is 4.90 Å². The van der Waals surface area contributed by atoms with Gasteiger partial charge in [-0.15, -0.1) is 11.8 Å². The Kier molecular flexibility index (Phi) is 4.29. The highest BCUT2D eigenvalue weighted by molar-refractivity contribution is 8.00. The highest BCUT2D eigenvalue weighted by Crippen LogP contribution is 2.30. The number of carbonyl (C=O) groups excluding carboxylic acids is 2. The molecule has 1 aliphatic rings. The van der Waals surface area contributed by atoms with Crippen LogP contribution in [0, 0.1) is 0 Å². The van der Waals surface area contributed by atoms with Gasteiger partial charge in [-0.2, -0.15) is 0 Å². The summed E-state index contributed by atoms with van der Waals surface area (Å²) in [5.74, 6) is 0.637. The molecular weight excluding hydrogens is 294 g/mol. The molecule has 1 saturated heterocycles. The van der Waals surface area contributed by atoms with Crippen LogP contribution in [0.5, 0.6) is 0 Å². The first-order valence-corrected chi connectivity index (χ1v) is 8.39. The number of thioether (sulfide) groups is 1. The molecule has 2 amide bonds. The quantitative estimate of drug-likeness (QED) is 0.807. The van der Waals surface area contributed by atoms with E-state index in [1.54, 1.807) is 0 Å². The summed E-state index contributed by atoms with van der Waals surface area (Å²) in [7, 11) is 0. The minimum atomic E-state index is -0.230. The SMILES string of the molecule is CCSC1CC(=O)N(c2ccc(-c3ccccc3)cc2)C1=O. The van der Waals surface area contributed by atoms with Crippen molar-refractivity contribution in [1.82, 2.24) is 0 Å². The lowest BCUT2D eigenvalue weighted by molar-refractivity contribution is -0.121. The molecule has 0 saturated carbocycles. The van der Waals surface area contributed by atoms with E-state index in [-0.39, 0.29) is 17.1 Å². The average Bonchev–Trinajstić information content (AvgIpc) is 2.83. The van der Waals surface area contributed by atoms with E-state index in [0.717, 1.165) is 16.9 Å². The van der Waals surface area contributed by atoms with Crippen LogP contribution < -0.4 is 4.90 Å². The smallest absolute Gasteiger partial charge is 0.247 e. The molecule has 0 bridgehead atoms. The predicted octanol–water partition coefficient (Wildman–Crippen LogP) is 3.74. The predicted molar refractivity (Wildman–Crippen MR) is 90.9 cm³/mol. The number of anilines is 1. The maximum absolute atomic E-state index is 12.3. The fraction of sp³-hybridized carbons (Fsp3) is 0.222. The second-order valence-corrected chi connectivity index (χ2v) is 6.61. The van der Waals surface area contributed by atoms with Crippen molar-refractivity contribution < 1.29 is 9.59 Å². The van der Waals surface area contributed by atoms with Crippen molar-refractivity contribution in [3.63, 3.8) is 0 Å². The Hall–Kier alpha value is -2.07. The molecule has 0 aliphatic carbocycles. The van der Waals surface area contributed by atoms with Crippen LogP contribution in [0.3, 0.4) is 0 Å². The van der Waals surface area contributed by atoms with Crippen molar-refractivity contribution in [1.29, 1.82) is 0 Å². The molecule has 112 valence electrons. The lowest BCUT2D eigenvalue weighted by Gasteiger charge is -2.15. The Morgan fingerprint density at radius 3 is 2.27 bits per heavy atom. The molecule has 3 nitrogen and oxygen atoms in total. The first-order chi connectivity index (χ1) is 10.7. The van der Waals surface area contributed by atoms with Gasteiger partial charge >= 0.3 is 0 Å². The number of amides is 2. The molecule has 1 unspecified atom stereocenters. The second kappa shape index (κ2) is 6.36. The van der Waals surface area contributed by atoms with Crippen molar-refractivity contribution in [3.8, 4) is 11.1 Å². The van der Waals surface area contributed by atoms with E-state index in [4.69, 9.17) is 0 Å². The Labute approximate surface area is 134 Å². The molecule has 4 heteroatoms. The molecule has 0 N–H and O–H groups in total. The van der Waals surface area contributed by atoms with Crippen LogP contribution in [-0.4, -0.2) is 22.8 Å². The largest absolute Gasteiger partial charge is 0.274 e. The topological polar surface area (TPSA) is 37.4 Å². The van der Waals surface area contributed by atoms with Crippen molar-refractivity contribution in [3.05, 3.63) is 54.6 Å². The fourth-order valence-electron chi connectivity index (χ4n) is 2.64. The maximum Gasteiger partial charge on any atom is 0.247 e. The summed E-state index contributed by atoms with van der Waals surface area (Å²) in [6.45, 7) is 2.00. The standard InChI is InChI=1S/C18H17NO2S/c1-2-22-16-12-17(20)19(18(16)21)15-10-8-14(9-11-15)13-6-4-3-5-7-13/h3-11,16H,2,12H2,1H3. The van der Waals surface area contributed by atoms with Gasteiger partial charge in [0.05, 0.1) is 10.9 Å². The van der Waals surface area contributed by atoms with Gasteiger partial charge in [-0.3, -0.25) is 9.59 Å². The molecule has 1 heterocycles. The zero-order chi connectivity index (χ0) is 15.5. The molecule has 1 aliphatic heterocycles. The third-order valence-electron chi connectivity index (χ3n) is 3.71. The van der Waals surface area contributed by atoms with Gasteiger partial charge in [0.15, 0.2) is 0 Å². The Morgan fingerprint density at radius 1 is 1.00 bits per heavy atom. The highest BCUT2D eigenvalue weighted by Gasteiger charge is 2.39. The molecule has 2 aromatic carbocycles. The van der Waals surface area contributed by atoms with Crippen LogP contribution in [-0.2, 0) is 9.59 Å². The molecule has 22 heavy (non-hydrogen) atoms. The minimum absolute atomic E-state index is 0.0932. The third-order valence-corrected chi connectivity index (χ3v) is 4.81. The van der Waals surface area contributed by atoms with E-state index in [1.807, 2.05) is 61.5 Å². The highest BCUT2D eigenvalue weighted by atomic mass is 32.2. The van der Waals surface area contributed by atoms with E-state index in [9.17, 15) is 9.59 Å². The summed E-state index contributed by atoms with van der Waals surface area (Å²) in [6, 6.07) is 17.6. The summed E-state index contributed by atoms with van der Waals surface area (Å²) in [5, 5.41) is -0.230. The van der Waals surface area contributed by atoms with E-state index < -0.39 is 0 Å². The molecule has 0 spiro atoms. The van der Waals surface area contributed by atoms with Gasteiger partial charge in [-0.1, -0.05) is 49.4 Å². The summed E-state index contributed by atoms with van der Waals surface area (Å²) in [5.41, 5.74) is 2.85. The van der Waals surface area contributed by atoms with E-state index >= 15 is 0 Å². The Bertz CT molecular complexity index is 682. The Balaban J connectivity index is 1.84. The van der Waals surface area contributed by atoms with Crippen molar-refractivity contribution in [2.75, 3.05) is 10.7 Å². The zero-order valence-electron chi connectivity index (χ0n) is 12.4. The molecule has 1 fully saturated rings. The molecule has 1 atom stereocenters. The second-order valence-electron chi connectivity index (χ2n) is 5.13. The molecule has 3 rings (SSSR count). The van der Waals surface area contributed by atoms with Crippen LogP contribution in [0.4, 0.5) is 5.69 Å². The number of rotatable bonds is 4. The number of imide groups is 1. The van der Waals surface area contributed by atoms with Crippen molar-refractivity contribution in [2.45, 2.75) is 18.6 Å². The lowest BCUT2D eigenvalue weighted by atomic mass is 10.1. The fourth-order valence-corrected chi connectivity index (χ4v) is 3.55. The van der Waals surface area contributed by atoms with E-state index in [1.165, 1.54) is 16.7 Å². The van der Waals surface area contributed by atoms with Gasteiger partial charge < -0.3 is 0 Å². The van der Waals surface area contributed by atoms with E-state index in [2.05, 4.69) is 0 Å². The summed E-state index contributed by atoms with van der Waals surface area (Å²) in [4.78, 5) is 25.8. The van der Waals surface area contributed by atoms with Crippen LogP contribution in [0.2, 0.25) is 0 Å². The Morgan fingerprint density at radius 2 is 1.64 bits per heavy atom. The van der Waals surface area contributed by atoms with Crippen LogP contribution >= 0.6 is 11.8 Å². The average molecular weight is 311 g/mol. The van der Waals surface area contributed by atoms with Crippen LogP contribution in [0.25, 0.3) is 11.1 Å². The van der Waals surface area contributed by atoms with Crippen LogP contribution in [0.15, 0.2) is 54.6 Å². The van der Waals surface area contributed by atoms with Gasteiger partial charge in [0.25, 0.3) is 0 Å². The summed E-state index contributed by atoms with van der Waals surface area (Å²) >= 11 is 1.54. The van der Waals surface area contributed by atoms with Gasteiger partial charge in [0, 0.05) is 6.42 Å². The minimum Gasteiger partial charge on any atom is -0.274 e. The maximum atomic E-state index is 12.3. The molecular formula is C18H17NO2S. The van der Waals surface area contributed by atoms with Gasteiger partial charge in [0.1, 0.15) is 0 Å². The van der Waals surface area contributed by atoms with Gasteiger partial charge in [-0.05, 0) is 29.0 Å². The third kappa shape index (κ3) is 2.79. The van der Waals surface area contributed by atoms with E-state index in [0.29, 0.717) is 12.1 Å². The molecule has 2 aromatic rings. The lowest BCUT2D eigenvalue weighted by Crippen LogP contribution is -2.31. The summed E-state index contributed by atoms with van der Waals surface area (Å²) in [6.07, 6.45) is 0.303. The first-order valence-electron chi connectivity index (χ1n) is 7.34. The zero-order valence-corrected chi connectivity index (χ0v) is 13.2. The number of carbonyl (C=O) groups is 2. The van der Waals surface area contributed by atoms with Gasteiger partial charge in [0.2, 0.25) is 11.8 Å². The number of hydrogen-bond donors (Lipinski definition) is 0. The van der Waals surface area contributed by atoms with Crippen molar-refractivity contribution in [2.24, 2.45) is 0 Å². The first kappa shape index (κ1) is 14.9. The van der Waals surface area contributed by atoms with Crippen LogP contribution in [0.1, 0.15) is 13.3 Å². The number of hydrogen-bond acceptors (Lipinski definition) is 3. The molecule has 0 aromatic heterocycles. The monoisotopic (exact) mass is 311 g/mol.